The van der Waals surface area contributed by atoms with E-state index in [2.05, 4.69) is 23.5 Å². The molecule has 1 atom stereocenters. The molecular weight excluding hydrogens is 410 g/mol. The van der Waals surface area contributed by atoms with Gasteiger partial charge in [0, 0.05) is 18.1 Å². The summed E-state index contributed by atoms with van der Waals surface area (Å²) in [7, 11) is 0. The molecule has 1 saturated carbocycles. The summed E-state index contributed by atoms with van der Waals surface area (Å²) < 4.78 is 85.7. The molecule has 1 unspecified atom stereocenters. The first-order valence-corrected chi connectivity index (χ1v) is 10.1. The lowest BCUT2D eigenvalue weighted by molar-refractivity contribution is -0.304. The fourth-order valence-electron chi connectivity index (χ4n) is 3.17. The number of unbranched alkanes of at least 4 members (excludes halogenated alkanes) is 2. The molecule has 0 radical (unpaired) electrons. The van der Waals surface area contributed by atoms with Crippen LogP contribution in [0.1, 0.15) is 57.4 Å². The third-order valence-electron chi connectivity index (χ3n) is 4.89. The lowest BCUT2D eigenvalue weighted by Crippen LogP contribution is -2.45. The average Bonchev–Trinajstić information content (AvgIpc) is 2.70. The van der Waals surface area contributed by atoms with Crippen molar-refractivity contribution in [2.24, 2.45) is 5.92 Å². The van der Waals surface area contributed by atoms with Crippen LogP contribution in [-0.4, -0.2) is 31.2 Å². The lowest BCUT2D eigenvalue weighted by atomic mass is 9.87. The minimum absolute atomic E-state index is 0.208. The average molecular weight is 436 g/mol. The number of ether oxygens (including phenoxy) is 2. The number of rotatable bonds is 8. The van der Waals surface area contributed by atoms with Crippen molar-refractivity contribution in [2.45, 2.75) is 76.4 Å². The van der Waals surface area contributed by atoms with Crippen LogP contribution in [0.2, 0.25) is 0 Å². The van der Waals surface area contributed by atoms with Crippen LogP contribution in [0.3, 0.4) is 0 Å². The van der Waals surface area contributed by atoms with Gasteiger partial charge >= 0.3 is 12.3 Å². The number of halogens is 6. The molecular formula is C22H26F6O2. The van der Waals surface area contributed by atoms with E-state index in [1.54, 1.807) is 0 Å². The van der Waals surface area contributed by atoms with E-state index >= 15 is 0 Å². The van der Waals surface area contributed by atoms with E-state index in [0.29, 0.717) is 5.56 Å². The van der Waals surface area contributed by atoms with Crippen LogP contribution in [0.4, 0.5) is 26.3 Å². The molecule has 0 heterocycles. The lowest BCUT2D eigenvalue weighted by Gasteiger charge is -2.25. The van der Waals surface area contributed by atoms with Crippen LogP contribution in [0.15, 0.2) is 24.3 Å². The molecule has 0 N–H and O–H groups in total. The summed E-state index contributed by atoms with van der Waals surface area (Å²) in [4.78, 5) is 0. The third-order valence-corrected chi connectivity index (χ3v) is 4.89. The van der Waals surface area contributed by atoms with E-state index in [0.717, 1.165) is 57.3 Å². The summed E-state index contributed by atoms with van der Waals surface area (Å²) in [5.74, 6) is 5.71. The first kappa shape index (κ1) is 24.4. The highest BCUT2D eigenvalue weighted by molar-refractivity contribution is 5.38. The predicted octanol–water partition coefficient (Wildman–Crippen LogP) is 6.68. The van der Waals surface area contributed by atoms with Gasteiger partial charge < -0.3 is 9.47 Å². The monoisotopic (exact) mass is 436 g/mol. The fourth-order valence-corrected chi connectivity index (χ4v) is 3.17. The Kier molecular flexibility index (Phi) is 8.90. The highest BCUT2D eigenvalue weighted by Gasteiger charge is 2.59. The van der Waals surface area contributed by atoms with Crippen LogP contribution < -0.4 is 4.74 Å². The summed E-state index contributed by atoms with van der Waals surface area (Å²) in [6.07, 6.45) is -7.76. The zero-order valence-electron chi connectivity index (χ0n) is 16.8. The molecule has 1 aromatic carbocycles. The Morgan fingerprint density at radius 2 is 1.63 bits per heavy atom. The Bertz CT molecular complexity index is 697. The maximum Gasteiger partial charge on any atom is 0.439 e. The molecule has 0 spiro atoms. The highest BCUT2D eigenvalue weighted by Crippen LogP contribution is 2.36. The normalized spacial score (nSPS) is 20.9. The van der Waals surface area contributed by atoms with Gasteiger partial charge in [-0.25, -0.2) is 4.39 Å². The molecule has 2 rings (SSSR count). The molecule has 1 aliphatic carbocycles. The fraction of sp³-hybridized carbons (Fsp3) is 0.636. The minimum Gasteiger partial charge on any atom is -0.430 e. The zero-order valence-corrected chi connectivity index (χ0v) is 16.8. The first-order valence-electron chi connectivity index (χ1n) is 10.1. The molecule has 0 saturated heterocycles. The number of hydrogen-bond acceptors (Lipinski definition) is 2. The van der Waals surface area contributed by atoms with Crippen molar-refractivity contribution < 1.29 is 35.8 Å². The van der Waals surface area contributed by atoms with Crippen molar-refractivity contribution >= 4 is 0 Å². The van der Waals surface area contributed by atoms with Crippen molar-refractivity contribution in [1.29, 1.82) is 0 Å². The predicted molar refractivity (Wildman–Crippen MR) is 101 cm³/mol. The number of alkyl halides is 6. The summed E-state index contributed by atoms with van der Waals surface area (Å²) in [6.45, 7) is 2.93. The second-order valence-electron chi connectivity index (χ2n) is 7.41. The van der Waals surface area contributed by atoms with Gasteiger partial charge in [-0.1, -0.05) is 31.6 Å². The van der Waals surface area contributed by atoms with Gasteiger partial charge in [-0.05, 0) is 56.4 Å². The molecule has 8 heteroatoms. The molecule has 1 aromatic rings. The minimum atomic E-state index is -5.71. The van der Waals surface area contributed by atoms with E-state index in [4.69, 9.17) is 4.74 Å². The van der Waals surface area contributed by atoms with Gasteiger partial charge in [0.15, 0.2) is 0 Å². The maximum atomic E-state index is 13.3. The van der Waals surface area contributed by atoms with E-state index in [1.165, 1.54) is 18.6 Å². The van der Waals surface area contributed by atoms with Crippen molar-refractivity contribution in [3.05, 3.63) is 29.8 Å². The Labute approximate surface area is 172 Å². The number of hydrogen-bond donors (Lipinski definition) is 0. The molecule has 0 aromatic heterocycles. The maximum absolute atomic E-state index is 13.3. The van der Waals surface area contributed by atoms with Crippen molar-refractivity contribution in [1.82, 2.24) is 0 Å². The van der Waals surface area contributed by atoms with Gasteiger partial charge in [0.05, 0.1) is 6.10 Å². The molecule has 168 valence electrons. The standard InChI is InChI=1S/C22H26F6O2/c1-2-3-4-15-29-18-11-7-16(8-12-18)5-6-17-9-13-19(14-10-17)30-22(27,28)20(23)21(24,25)26/h9-10,13-14,16,18,20H,2-4,7-8,11-12,15H2,1H3. The van der Waals surface area contributed by atoms with E-state index in [1.807, 2.05) is 0 Å². The SMILES string of the molecule is CCCCCOC1CCC(C#Cc2ccc(OC(F)(F)C(F)C(F)(F)F)cc2)CC1. The molecule has 2 nitrogen and oxygen atoms in total. The molecule has 1 fully saturated rings. The van der Waals surface area contributed by atoms with Crippen LogP contribution in [0.25, 0.3) is 0 Å². The largest absolute Gasteiger partial charge is 0.439 e. The van der Waals surface area contributed by atoms with E-state index < -0.39 is 24.2 Å². The Morgan fingerprint density at radius 1 is 1.00 bits per heavy atom. The highest BCUT2D eigenvalue weighted by atomic mass is 19.4. The summed E-state index contributed by atoms with van der Waals surface area (Å²) in [5.41, 5.74) is 0.510. The summed E-state index contributed by atoms with van der Waals surface area (Å²) in [6, 6.07) is 4.79. The second kappa shape index (κ2) is 10.9. The number of benzene rings is 1. The van der Waals surface area contributed by atoms with Gasteiger partial charge in [-0.3, -0.25) is 0 Å². The summed E-state index contributed by atoms with van der Waals surface area (Å²) in [5, 5.41) is 0. The van der Waals surface area contributed by atoms with Crippen LogP contribution in [-0.2, 0) is 4.74 Å². The van der Waals surface area contributed by atoms with Crippen LogP contribution >= 0.6 is 0 Å². The van der Waals surface area contributed by atoms with Crippen molar-refractivity contribution in [3.8, 4) is 17.6 Å². The topological polar surface area (TPSA) is 18.5 Å². The Morgan fingerprint density at radius 3 is 2.20 bits per heavy atom. The van der Waals surface area contributed by atoms with Gasteiger partial charge in [-0.2, -0.15) is 22.0 Å². The smallest absolute Gasteiger partial charge is 0.430 e. The summed E-state index contributed by atoms with van der Waals surface area (Å²) >= 11 is 0. The van der Waals surface area contributed by atoms with Gasteiger partial charge in [0.25, 0.3) is 6.17 Å². The van der Waals surface area contributed by atoms with Gasteiger partial charge in [0.2, 0.25) is 0 Å². The molecule has 1 aliphatic rings. The molecule has 0 amide bonds. The van der Waals surface area contributed by atoms with Crippen molar-refractivity contribution in [2.75, 3.05) is 6.61 Å². The van der Waals surface area contributed by atoms with E-state index in [-0.39, 0.29) is 12.0 Å². The third kappa shape index (κ3) is 7.75. The van der Waals surface area contributed by atoms with E-state index in [9.17, 15) is 26.3 Å². The van der Waals surface area contributed by atoms with Crippen molar-refractivity contribution in [3.63, 3.8) is 0 Å². The zero-order chi connectivity index (χ0) is 22.2. The molecule has 0 bridgehead atoms. The Balaban J connectivity index is 1.83. The Hall–Kier alpha value is -1.88. The quantitative estimate of drug-likeness (QED) is 0.257. The first-order chi connectivity index (χ1) is 14.1. The molecule has 30 heavy (non-hydrogen) atoms. The van der Waals surface area contributed by atoms with Gasteiger partial charge in [-0.15, -0.1) is 0 Å². The van der Waals surface area contributed by atoms with Gasteiger partial charge in [0.1, 0.15) is 5.75 Å². The second-order valence-corrected chi connectivity index (χ2v) is 7.41. The molecule has 0 aliphatic heterocycles. The van der Waals surface area contributed by atoms with Crippen LogP contribution in [0.5, 0.6) is 5.75 Å². The van der Waals surface area contributed by atoms with Crippen LogP contribution in [0, 0.1) is 17.8 Å².